The first-order chi connectivity index (χ1) is 26.8. The highest BCUT2D eigenvalue weighted by Crippen LogP contribution is 2.46. The monoisotopic (exact) mass is 684 g/mol. The SMILES string of the molecule is c1ccc(-c2ccc3ccc4ccc(-c5ccc(-c6c7ccccc7c(-c7cc8ccccc8c8ccccc78)c7ccccc67)cc5)nc4c3n2)cc1. The molecule has 0 saturated carbocycles. The van der Waals surface area contributed by atoms with E-state index in [1.54, 1.807) is 0 Å². The molecule has 11 rings (SSSR count). The summed E-state index contributed by atoms with van der Waals surface area (Å²) in [7, 11) is 0. The minimum absolute atomic E-state index is 0.917. The van der Waals surface area contributed by atoms with Gasteiger partial charge in [-0.05, 0) is 83.5 Å². The molecule has 2 nitrogen and oxygen atoms in total. The maximum absolute atomic E-state index is 5.24. The molecule has 250 valence electrons. The van der Waals surface area contributed by atoms with Gasteiger partial charge in [0.05, 0.1) is 22.4 Å². The summed E-state index contributed by atoms with van der Waals surface area (Å²) >= 11 is 0. The van der Waals surface area contributed by atoms with E-state index >= 15 is 0 Å². The van der Waals surface area contributed by atoms with E-state index in [-0.39, 0.29) is 0 Å². The Labute approximate surface area is 312 Å². The summed E-state index contributed by atoms with van der Waals surface area (Å²) in [6, 6.07) is 69.9. The Hall–Kier alpha value is -7.16. The molecular formula is C52H32N2. The van der Waals surface area contributed by atoms with E-state index in [1.807, 2.05) is 6.07 Å². The molecule has 11 aromatic rings. The van der Waals surface area contributed by atoms with Crippen LogP contribution in [0.1, 0.15) is 0 Å². The summed E-state index contributed by atoms with van der Waals surface area (Å²) in [5.41, 5.74) is 10.9. The van der Waals surface area contributed by atoms with Gasteiger partial charge in [-0.1, -0.05) is 176 Å². The first-order valence-electron chi connectivity index (χ1n) is 18.5. The number of benzene rings is 9. The quantitative estimate of drug-likeness (QED) is 0.136. The number of nitrogens with zero attached hydrogens (tertiary/aromatic N) is 2. The van der Waals surface area contributed by atoms with Gasteiger partial charge in [-0.3, -0.25) is 0 Å². The topological polar surface area (TPSA) is 25.8 Å². The molecule has 0 amide bonds. The molecule has 2 aromatic heterocycles. The molecule has 0 aliphatic heterocycles. The molecule has 0 bridgehead atoms. The van der Waals surface area contributed by atoms with Crippen LogP contribution in [0, 0.1) is 0 Å². The molecule has 2 heterocycles. The molecule has 0 spiro atoms. The van der Waals surface area contributed by atoms with Gasteiger partial charge >= 0.3 is 0 Å². The Bertz CT molecular complexity index is 3200. The second-order valence-corrected chi connectivity index (χ2v) is 14.1. The van der Waals surface area contributed by atoms with Gasteiger partial charge in [-0.15, -0.1) is 0 Å². The van der Waals surface area contributed by atoms with Crippen LogP contribution in [-0.4, -0.2) is 9.97 Å². The standard InChI is InChI=1S/C52H32N2/c1-2-12-33(13-3-1)47-30-28-36-26-27-37-29-31-48(54-52(37)51(36)53-47)34-22-24-35(25-23-34)49-42-18-8-10-20-44(42)50(45-21-11-9-19-43(45)49)46-32-38-14-4-5-15-39(38)40-16-6-7-17-41(40)46/h1-32H. The van der Waals surface area contributed by atoms with Crippen molar-refractivity contribution in [1.82, 2.24) is 9.97 Å². The third-order valence-electron chi connectivity index (χ3n) is 11.0. The maximum Gasteiger partial charge on any atom is 0.0972 e. The van der Waals surface area contributed by atoms with Crippen molar-refractivity contribution in [3.63, 3.8) is 0 Å². The fourth-order valence-corrected chi connectivity index (χ4v) is 8.50. The smallest absolute Gasteiger partial charge is 0.0972 e. The number of pyridine rings is 2. The Morgan fingerprint density at radius 1 is 0.259 bits per heavy atom. The summed E-state index contributed by atoms with van der Waals surface area (Å²) in [6.07, 6.45) is 0. The lowest BCUT2D eigenvalue weighted by Crippen LogP contribution is -1.93. The van der Waals surface area contributed by atoms with Crippen LogP contribution in [0.5, 0.6) is 0 Å². The van der Waals surface area contributed by atoms with E-state index < -0.39 is 0 Å². The number of aromatic nitrogens is 2. The molecular weight excluding hydrogens is 653 g/mol. The third-order valence-corrected chi connectivity index (χ3v) is 11.0. The van der Waals surface area contributed by atoms with Crippen molar-refractivity contribution < 1.29 is 0 Å². The number of hydrogen-bond acceptors (Lipinski definition) is 2. The van der Waals surface area contributed by atoms with Crippen LogP contribution in [0.3, 0.4) is 0 Å². The zero-order valence-electron chi connectivity index (χ0n) is 29.4. The van der Waals surface area contributed by atoms with E-state index in [4.69, 9.17) is 9.97 Å². The van der Waals surface area contributed by atoms with Gasteiger partial charge < -0.3 is 0 Å². The molecule has 0 aliphatic carbocycles. The molecule has 54 heavy (non-hydrogen) atoms. The molecule has 0 N–H and O–H groups in total. The van der Waals surface area contributed by atoms with Crippen LogP contribution in [0.15, 0.2) is 194 Å². The van der Waals surface area contributed by atoms with Crippen LogP contribution in [0.2, 0.25) is 0 Å². The first kappa shape index (κ1) is 30.5. The summed E-state index contributed by atoms with van der Waals surface area (Å²) < 4.78 is 0. The predicted molar refractivity (Wildman–Crippen MR) is 229 cm³/mol. The molecule has 0 fully saturated rings. The average Bonchev–Trinajstić information content (AvgIpc) is 3.25. The predicted octanol–water partition coefficient (Wildman–Crippen LogP) is 14.1. The van der Waals surface area contributed by atoms with Gasteiger partial charge in [0.1, 0.15) is 0 Å². The van der Waals surface area contributed by atoms with Crippen molar-refractivity contribution in [1.29, 1.82) is 0 Å². The van der Waals surface area contributed by atoms with E-state index in [0.29, 0.717) is 0 Å². The lowest BCUT2D eigenvalue weighted by Gasteiger charge is -2.19. The van der Waals surface area contributed by atoms with E-state index in [1.165, 1.54) is 65.3 Å². The van der Waals surface area contributed by atoms with Gasteiger partial charge in [0.15, 0.2) is 0 Å². The zero-order chi connectivity index (χ0) is 35.6. The second-order valence-electron chi connectivity index (χ2n) is 14.1. The van der Waals surface area contributed by atoms with Gasteiger partial charge in [0.2, 0.25) is 0 Å². The molecule has 0 aliphatic rings. The van der Waals surface area contributed by atoms with E-state index in [0.717, 1.165) is 44.3 Å². The number of hydrogen-bond donors (Lipinski definition) is 0. The number of rotatable bonds is 4. The molecule has 2 heteroatoms. The molecule has 0 atom stereocenters. The lowest BCUT2D eigenvalue weighted by molar-refractivity contribution is 1.36. The second kappa shape index (κ2) is 12.2. The summed E-state index contributed by atoms with van der Waals surface area (Å²) in [5, 5.41) is 12.2. The Morgan fingerprint density at radius 3 is 1.28 bits per heavy atom. The minimum Gasteiger partial charge on any atom is -0.245 e. The Kier molecular flexibility index (Phi) is 6.90. The number of fused-ring (bicyclic) bond motifs is 8. The van der Waals surface area contributed by atoms with Gasteiger partial charge in [-0.2, -0.15) is 0 Å². The maximum atomic E-state index is 5.24. The third kappa shape index (κ3) is 4.81. The van der Waals surface area contributed by atoms with Gasteiger partial charge in [-0.25, -0.2) is 9.97 Å². The van der Waals surface area contributed by atoms with Crippen LogP contribution >= 0.6 is 0 Å². The van der Waals surface area contributed by atoms with Crippen molar-refractivity contribution >= 4 is 64.9 Å². The highest BCUT2D eigenvalue weighted by atomic mass is 14.8. The lowest BCUT2D eigenvalue weighted by atomic mass is 9.83. The summed E-state index contributed by atoms with van der Waals surface area (Å²) in [6.45, 7) is 0. The first-order valence-corrected chi connectivity index (χ1v) is 18.5. The summed E-state index contributed by atoms with van der Waals surface area (Å²) in [4.78, 5) is 10.4. The molecule has 9 aromatic carbocycles. The Morgan fingerprint density at radius 2 is 0.685 bits per heavy atom. The van der Waals surface area contributed by atoms with Crippen LogP contribution in [0.4, 0.5) is 0 Å². The fourth-order valence-electron chi connectivity index (χ4n) is 8.50. The normalized spacial score (nSPS) is 11.7. The highest BCUT2D eigenvalue weighted by Gasteiger charge is 2.19. The van der Waals surface area contributed by atoms with Crippen LogP contribution in [-0.2, 0) is 0 Å². The van der Waals surface area contributed by atoms with Crippen molar-refractivity contribution in [2.75, 3.05) is 0 Å². The van der Waals surface area contributed by atoms with Crippen LogP contribution < -0.4 is 0 Å². The van der Waals surface area contributed by atoms with Crippen LogP contribution in [0.25, 0.3) is 110 Å². The van der Waals surface area contributed by atoms with E-state index in [2.05, 4.69) is 188 Å². The van der Waals surface area contributed by atoms with Crippen molar-refractivity contribution in [3.8, 4) is 44.8 Å². The Balaban J connectivity index is 1.08. The van der Waals surface area contributed by atoms with E-state index in [9.17, 15) is 0 Å². The highest BCUT2D eigenvalue weighted by molar-refractivity contribution is 6.25. The minimum atomic E-state index is 0.917. The zero-order valence-corrected chi connectivity index (χ0v) is 29.4. The molecule has 0 saturated heterocycles. The molecule has 0 unspecified atom stereocenters. The van der Waals surface area contributed by atoms with Crippen molar-refractivity contribution in [3.05, 3.63) is 194 Å². The largest absolute Gasteiger partial charge is 0.245 e. The fraction of sp³-hybridized carbons (Fsp3) is 0. The summed E-state index contributed by atoms with van der Waals surface area (Å²) in [5.74, 6) is 0. The van der Waals surface area contributed by atoms with Gasteiger partial charge in [0, 0.05) is 21.9 Å². The average molecular weight is 685 g/mol. The molecule has 0 radical (unpaired) electrons. The van der Waals surface area contributed by atoms with Crippen molar-refractivity contribution in [2.45, 2.75) is 0 Å². The van der Waals surface area contributed by atoms with Crippen molar-refractivity contribution in [2.24, 2.45) is 0 Å². The van der Waals surface area contributed by atoms with Gasteiger partial charge in [0.25, 0.3) is 0 Å².